The SMILES string of the molecule is C(=C\c1c2ccccc2c(N2c3ccccc3Cc3ccccc32)c2ccccc12)/c1ccc2c(c1)C(c1ccccc1)(c1ccccc1)c1cc(N3c4ccccc4Cc4ccccc43)ccc1-2. The minimum atomic E-state index is -0.579. The highest BCUT2D eigenvalue weighted by atomic mass is 15.2. The monoisotopic (exact) mass is 878 g/mol. The van der Waals surface area contributed by atoms with Crippen molar-refractivity contribution < 1.29 is 0 Å². The summed E-state index contributed by atoms with van der Waals surface area (Å²) in [5.41, 5.74) is 22.1. The normalized spacial score (nSPS) is 14.0. The molecule has 0 radical (unpaired) electrons. The van der Waals surface area contributed by atoms with E-state index in [4.69, 9.17) is 0 Å². The Hall–Kier alpha value is -8.72. The van der Waals surface area contributed by atoms with Gasteiger partial charge in [-0.3, -0.25) is 0 Å². The maximum absolute atomic E-state index is 2.52. The average molecular weight is 879 g/mol. The van der Waals surface area contributed by atoms with Crippen LogP contribution in [0.2, 0.25) is 0 Å². The van der Waals surface area contributed by atoms with E-state index in [0.717, 1.165) is 24.1 Å². The van der Waals surface area contributed by atoms with Gasteiger partial charge in [-0.1, -0.05) is 212 Å². The topological polar surface area (TPSA) is 6.48 Å². The van der Waals surface area contributed by atoms with E-state index >= 15 is 0 Å². The minimum absolute atomic E-state index is 0.579. The predicted molar refractivity (Wildman–Crippen MR) is 289 cm³/mol. The van der Waals surface area contributed by atoms with Crippen molar-refractivity contribution in [3.8, 4) is 11.1 Å². The Morgan fingerprint density at radius 2 is 0.739 bits per heavy atom. The Kier molecular flexibility index (Phi) is 8.97. The van der Waals surface area contributed by atoms with Gasteiger partial charge in [0, 0.05) is 52.1 Å². The van der Waals surface area contributed by atoms with E-state index < -0.39 is 5.41 Å². The maximum atomic E-state index is 2.52. The Morgan fingerprint density at radius 1 is 0.333 bits per heavy atom. The van der Waals surface area contributed by atoms with Crippen LogP contribution in [0.5, 0.6) is 0 Å². The van der Waals surface area contributed by atoms with Gasteiger partial charge in [0.05, 0.1) is 11.1 Å². The molecule has 0 aromatic heterocycles. The number of rotatable bonds is 6. The van der Waals surface area contributed by atoms with Crippen LogP contribution in [-0.4, -0.2) is 0 Å². The summed E-state index contributed by atoms with van der Waals surface area (Å²) in [7, 11) is 0. The highest BCUT2D eigenvalue weighted by Gasteiger charge is 2.46. The number of anilines is 6. The molecule has 0 saturated heterocycles. The lowest BCUT2D eigenvalue weighted by Crippen LogP contribution is -2.29. The van der Waals surface area contributed by atoms with Crippen LogP contribution in [0.1, 0.15) is 55.6 Å². The van der Waals surface area contributed by atoms with Gasteiger partial charge in [0.25, 0.3) is 0 Å². The summed E-state index contributed by atoms with van der Waals surface area (Å²) >= 11 is 0. The molecule has 0 fully saturated rings. The van der Waals surface area contributed by atoms with E-state index in [-0.39, 0.29) is 0 Å². The van der Waals surface area contributed by atoms with E-state index in [1.807, 2.05) is 0 Å². The van der Waals surface area contributed by atoms with Crippen molar-refractivity contribution in [1.82, 2.24) is 0 Å². The molecule has 3 aliphatic rings. The van der Waals surface area contributed by atoms with Crippen LogP contribution in [0.3, 0.4) is 0 Å². The summed E-state index contributed by atoms with van der Waals surface area (Å²) in [6.07, 6.45) is 6.55. The second-order valence-corrected chi connectivity index (χ2v) is 18.7. The summed E-state index contributed by atoms with van der Waals surface area (Å²) in [6.45, 7) is 0. The highest BCUT2D eigenvalue weighted by Crippen LogP contribution is 2.58. The summed E-state index contributed by atoms with van der Waals surface area (Å²) in [6, 6.07) is 90.3. The summed E-state index contributed by atoms with van der Waals surface area (Å²) in [4.78, 5) is 5.00. The molecule has 0 N–H and O–H groups in total. The van der Waals surface area contributed by atoms with Gasteiger partial charge < -0.3 is 9.80 Å². The van der Waals surface area contributed by atoms with Gasteiger partial charge in [0.1, 0.15) is 0 Å². The summed E-state index contributed by atoms with van der Waals surface area (Å²) < 4.78 is 0. The van der Waals surface area contributed by atoms with Crippen molar-refractivity contribution in [2.75, 3.05) is 9.80 Å². The third kappa shape index (κ3) is 5.98. The van der Waals surface area contributed by atoms with Crippen LogP contribution in [-0.2, 0) is 18.3 Å². The molecule has 0 atom stereocenters. The molecule has 0 unspecified atom stereocenters. The zero-order valence-electron chi connectivity index (χ0n) is 38.1. The first-order chi connectivity index (χ1) is 34.2. The van der Waals surface area contributed by atoms with Crippen molar-refractivity contribution in [3.05, 3.63) is 298 Å². The fraction of sp³-hybridized carbons (Fsp3) is 0.0448. The quantitative estimate of drug-likeness (QED) is 0.121. The van der Waals surface area contributed by atoms with Crippen LogP contribution in [0.4, 0.5) is 34.1 Å². The van der Waals surface area contributed by atoms with Gasteiger partial charge in [0.2, 0.25) is 0 Å². The largest absolute Gasteiger partial charge is 0.310 e. The van der Waals surface area contributed by atoms with Gasteiger partial charge >= 0.3 is 0 Å². The van der Waals surface area contributed by atoms with E-state index in [2.05, 4.69) is 265 Å². The molecular formula is C67H46N2. The molecule has 69 heavy (non-hydrogen) atoms. The molecule has 324 valence electrons. The van der Waals surface area contributed by atoms with Crippen molar-refractivity contribution in [2.45, 2.75) is 18.3 Å². The Labute approximate surface area is 403 Å². The Balaban J connectivity index is 0.960. The first kappa shape index (κ1) is 39.4. The molecule has 11 aromatic carbocycles. The van der Waals surface area contributed by atoms with Crippen LogP contribution in [0.25, 0.3) is 44.8 Å². The predicted octanol–water partition coefficient (Wildman–Crippen LogP) is 17.3. The van der Waals surface area contributed by atoms with E-state index in [9.17, 15) is 0 Å². The van der Waals surface area contributed by atoms with E-state index in [1.54, 1.807) is 0 Å². The molecule has 11 aromatic rings. The molecular weight excluding hydrogens is 833 g/mol. The highest BCUT2D eigenvalue weighted by molar-refractivity contribution is 6.19. The number of benzene rings is 11. The molecule has 0 saturated carbocycles. The van der Waals surface area contributed by atoms with Crippen LogP contribution >= 0.6 is 0 Å². The molecule has 2 heterocycles. The van der Waals surface area contributed by atoms with Crippen LogP contribution < -0.4 is 9.80 Å². The molecule has 0 amide bonds. The minimum Gasteiger partial charge on any atom is -0.310 e. The van der Waals surface area contributed by atoms with Gasteiger partial charge in [0.15, 0.2) is 0 Å². The zero-order chi connectivity index (χ0) is 45.5. The second-order valence-electron chi connectivity index (χ2n) is 18.7. The third-order valence-electron chi connectivity index (χ3n) is 15.1. The van der Waals surface area contributed by atoms with E-state index in [0.29, 0.717) is 0 Å². The van der Waals surface area contributed by atoms with Gasteiger partial charge in [-0.05, 0) is 120 Å². The van der Waals surface area contributed by atoms with Crippen molar-refractivity contribution >= 4 is 67.8 Å². The fourth-order valence-electron chi connectivity index (χ4n) is 12.2. The van der Waals surface area contributed by atoms with Crippen LogP contribution in [0, 0.1) is 0 Å². The Bertz CT molecular complexity index is 3680. The number of hydrogen-bond acceptors (Lipinski definition) is 2. The molecule has 0 spiro atoms. The molecule has 1 aliphatic carbocycles. The lowest BCUT2D eigenvalue weighted by Gasteiger charge is -2.36. The fourth-order valence-corrected chi connectivity index (χ4v) is 12.2. The molecule has 14 rings (SSSR count). The average Bonchev–Trinajstić information content (AvgIpc) is 3.71. The molecule has 2 heteroatoms. The standard InChI is InChI=1S/C67H46N2/c1-3-23-50(24-4-1)67(51-25-5-2-6-26-51)60-41-45(36-39-56(60)57-40-37-52(44-61(57)67)68-62-31-15-7-19-46(62)42-47-20-8-16-32-63(47)68)35-38-55-53-27-11-13-29-58(53)66(59-30-14-12-28-54(55)59)69-64-33-17-9-21-48(64)43-49-22-10-18-34-65(49)69/h1-41,44H,42-43H2/b38-35+. The lowest BCUT2D eigenvalue weighted by atomic mass is 9.67. The van der Waals surface area contributed by atoms with E-state index in [1.165, 1.54) is 111 Å². The number of hydrogen-bond donors (Lipinski definition) is 0. The molecule has 0 bridgehead atoms. The van der Waals surface area contributed by atoms with Crippen molar-refractivity contribution in [2.24, 2.45) is 0 Å². The second kappa shape index (κ2) is 15.7. The molecule has 2 aliphatic heterocycles. The number of para-hydroxylation sites is 4. The zero-order valence-corrected chi connectivity index (χ0v) is 38.1. The number of nitrogens with zero attached hydrogens (tertiary/aromatic N) is 2. The maximum Gasteiger partial charge on any atom is 0.0714 e. The Morgan fingerprint density at radius 3 is 1.25 bits per heavy atom. The van der Waals surface area contributed by atoms with Crippen molar-refractivity contribution in [1.29, 1.82) is 0 Å². The first-order valence-corrected chi connectivity index (χ1v) is 24.2. The summed E-state index contributed by atoms with van der Waals surface area (Å²) in [5, 5.41) is 4.92. The lowest BCUT2D eigenvalue weighted by molar-refractivity contribution is 0.768. The van der Waals surface area contributed by atoms with Gasteiger partial charge in [-0.25, -0.2) is 0 Å². The van der Waals surface area contributed by atoms with Gasteiger partial charge in [-0.2, -0.15) is 0 Å². The summed E-state index contributed by atoms with van der Waals surface area (Å²) in [5.74, 6) is 0. The molecule has 2 nitrogen and oxygen atoms in total. The third-order valence-corrected chi connectivity index (χ3v) is 15.1. The van der Waals surface area contributed by atoms with Crippen LogP contribution in [0.15, 0.2) is 243 Å². The first-order valence-electron chi connectivity index (χ1n) is 24.2. The van der Waals surface area contributed by atoms with Crippen molar-refractivity contribution in [3.63, 3.8) is 0 Å². The smallest absolute Gasteiger partial charge is 0.0714 e. The van der Waals surface area contributed by atoms with Gasteiger partial charge in [-0.15, -0.1) is 0 Å². The number of fused-ring (bicyclic) bond motifs is 9.